The van der Waals surface area contributed by atoms with Crippen molar-refractivity contribution in [3.8, 4) is 22.3 Å². The second-order valence-corrected chi connectivity index (χ2v) is 16.4. The molecule has 0 atom stereocenters. The normalized spacial score (nSPS) is 18.0. The molecule has 13 heteroatoms. The molecule has 4 fully saturated rings. The zero-order valence-corrected chi connectivity index (χ0v) is 32.9. The van der Waals surface area contributed by atoms with Crippen LogP contribution in [0.5, 0.6) is 0 Å². The van der Waals surface area contributed by atoms with E-state index in [2.05, 4.69) is 57.7 Å². The van der Waals surface area contributed by atoms with Crippen LogP contribution in [0.4, 0.5) is 0 Å². The van der Waals surface area contributed by atoms with Crippen molar-refractivity contribution in [2.24, 2.45) is 0 Å². The standard InChI is InChI=1S/C44H48N8O4S/c53-41(49-13-5-45-6-14-49)33-21-31(22-34(25-33)42(54)50-15-7-46-8-16-50)29-1-3-39-37(27-29)38-28-30(2-4-40(38)57-39)32-23-35(43(55)51-17-9-47-10-18-51)26-36(24-32)44(56)52-19-11-48-12-20-52/h1-4,21-28,45-48H,5-20H2. The Kier molecular flexibility index (Phi) is 10.7. The van der Waals surface area contributed by atoms with E-state index >= 15 is 0 Å². The molecule has 5 aromatic rings. The minimum Gasteiger partial charge on any atom is -0.336 e. The van der Waals surface area contributed by atoms with Gasteiger partial charge in [0.15, 0.2) is 0 Å². The Labute approximate surface area is 336 Å². The van der Waals surface area contributed by atoms with Gasteiger partial charge in [-0.2, -0.15) is 0 Å². The van der Waals surface area contributed by atoms with Crippen LogP contribution in [0, 0.1) is 0 Å². The molecule has 0 radical (unpaired) electrons. The van der Waals surface area contributed by atoms with Crippen molar-refractivity contribution in [1.29, 1.82) is 0 Å². The molecule has 0 bridgehead atoms. The van der Waals surface area contributed by atoms with E-state index in [4.69, 9.17) is 0 Å². The lowest BCUT2D eigenvalue weighted by molar-refractivity contribution is 0.0719. The fourth-order valence-corrected chi connectivity index (χ4v) is 9.49. The van der Waals surface area contributed by atoms with Crippen molar-refractivity contribution in [2.45, 2.75) is 0 Å². The van der Waals surface area contributed by atoms with Gasteiger partial charge in [-0.15, -0.1) is 11.3 Å². The Morgan fingerprint density at radius 1 is 0.368 bits per heavy atom. The number of thiophene rings is 1. The Morgan fingerprint density at radius 2 is 0.649 bits per heavy atom. The minimum absolute atomic E-state index is 0.0631. The topological polar surface area (TPSA) is 129 Å². The SMILES string of the molecule is O=C(c1cc(C(=O)N2CCNCC2)cc(-c2ccc3sc4ccc(-c5cc(C(=O)N6CCNCC6)cc(C(=O)N6CCNCC6)c5)cc4c3c2)c1)N1CCNCC1. The van der Waals surface area contributed by atoms with E-state index in [-0.39, 0.29) is 23.6 Å². The molecule has 4 aliphatic rings. The predicted molar refractivity (Wildman–Crippen MR) is 225 cm³/mol. The Balaban J connectivity index is 1.11. The third-order valence-corrected chi connectivity index (χ3v) is 12.8. The molecule has 294 valence electrons. The third kappa shape index (κ3) is 7.77. The van der Waals surface area contributed by atoms with Crippen molar-refractivity contribution < 1.29 is 19.2 Å². The highest BCUT2D eigenvalue weighted by atomic mass is 32.1. The first-order valence-electron chi connectivity index (χ1n) is 20.2. The number of piperazine rings is 4. The quantitative estimate of drug-likeness (QED) is 0.206. The monoisotopic (exact) mass is 784 g/mol. The van der Waals surface area contributed by atoms with E-state index < -0.39 is 0 Å². The summed E-state index contributed by atoms with van der Waals surface area (Å²) < 4.78 is 2.24. The largest absolute Gasteiger partial charge is 0.336 e. The second kappa shape index (κ2) is 16.4. The number of carbonyl (C=O) groups excluding carboxylic acids is 4. The van der Waals surface area contributed by atoms with Gasteiger partial charge in [-0.3, -0.25) is 19.2 Å². The summed E-state index contributed by atoms with van der Waals surface area (Å²) >= 11 is 1.71. The second-order valence-electron chi connectivity index (χ2n) is 15.3. The molecule has 4 N–H and O–H groups in total. The number of fused-ring (bicyclic) bond motifs is 3. The molecule has 4 amide bonds. The van der Waals surface area contributed by atoms with Crippen molar-refractivity contribution in [2.75, 3.05) is 105 Å². The molecule has 9 rings (SSSR count). The van der Waals surface area contributed by atoms with Gasteiger partial charge in [-0.05, 0) is 82.9 Å². The first kappa shape index (κ1) is 37.4. The summed E-state index contributed by atoms with van der Waals surface area (Å²) in [4.78, 5) is 63.0. The van der Waals surface area contributed by atoms with E-state index in [0.29, 0.717) is 74.6 Å². The van der Waals surface area contributed by atoms with Gasteiger partial charge in [0.05, 0.1) is 0 Å². The van der Waals surface area contributed by atoms with Crippen LogP contribution in [-0.2, 0) is 0 Å². The predicted octanol–water partition coefficient (Wildman–Crippen LogP) is 3.57. The fraction of sp³-hybridized carbons (Fsp3) is 0.364. The van der Waals surface area contributed by atoms with E-state index in [1.54, 1.807) is 23.5 Å². The summed E-state index contributed by atoms with van der Waals surface area (Å²) in [6.07, 6.45) is 0. The molecular weight excluding hydrogens is 737 g/mol. The minimum atomic E-state index is -0.0631. The molecule has 0 spiro atoms. The fourth-order valence-electron chi connectivity index (χ4n) is 8.42. The molecule has 4 aliphatic heterocycles. The van der Waals surface area contributed by atoms with Crippen LogP contribution < -0.4 is 21.3 Å². The van der Waals surface area contributed by atoms with Gasteiger partial charge < -0.3 is 40.9 Å². The van der Waals surface area contributed by atoms with E-state index in [1.807, 2.05) is 43.9 Å². The average Bonchev–Trinajstić information content (AvgIpc) is 3.66. The maximum atomic E-state index is 13.9. The maximum absolute atomic E-state index is 13.9. The number of nitrogens with one attached hydrogen (secondary N) is 4. The summed E-state index contributed by atoms with van der Waals surface area (Å²) in [5.74, 6) is -0.252. The summed E-state index contributed by atoms with van der Waals surface area (Å²) in [6.45, 7) is 10.9. The van der Waals surface area contributed by atoms with Crippen LogP contribution in [0.15, 0.2) is 72.8 Å². The Morgan fingerprint density at radius 3 is 0.930 bits per heavy atom. The number of hydrogen-bond acceptors (Lipinski definition) is 9. The zero-order chi connectivity index (χ0) is 38.9. The molecule has 57 heavy (non-hydrogen) atoms. The summed E-state index contributed by atoms with van der Waals surface area (Å²) in [6, 6.07) is 24.0. The van der Waals surface area contributed by atoms with Gasteiger partial charge in [-0.25, -0.2) is 0 Å². The Bertz CT molecular complexity index is 2100. The highest BCUT2D eigenvalue weighted by Crippen LogP contribution is 2.39. The highest BCUT2D eigenvalue weighted by molar-refractivity contribution is 7.25. The van der Waals surface area contributed by atoms with E-state index in [9.17, 15) is 19.2 Å². The summed E-state index contributed by atoms with van der Waals surface area (Å²) in [5, 5.41) is 15.4. The summed E-state index contributed by atoms with van der Waals surface area (Å²) in [5.41, 5.74) is 5.57. The molecule has 12 nitrogen and oxygen atoms in total. The highest BCUT2D eigenvalue weighted by Gasteiger charge is 2.26. The Hall–Kier alpha value is -5.18. The lowest BCUT2D eigenvalue weighted by Gasteiger charge is -2.29. The van der Waals surface area contributed by atoms with Gasteiger partial charge >= 0.3 is 0 Å². The van der Waals surface area contributed by atoms with Crippen molar-refractivity contribution in [3.63, 3.8) is 0 Å². The van der Waals surface area contributed by atoms with E-state index in [0.717, 1.165) is 94.8 Å². The van der Waals surface area contributed by atoms with Crippen LogP contribution >= 0.6 is 11.3 Å². The molecule has 0 aliphatic carbocycles. The van der Waals surface area contributed by atoms with Crippen molar-refractivity contribution in [3.05, 3.63) is 95.1 Å². The lowest BCUT2D eigenvalue weighted by Crippen LogP contribution is -2.47. The van der Waals surface area contributed by atoms with E-state index in [1.165, 1.54) is 0 Å². The van der Waals surface area contributed by atoms with Gasteiger partial charge in [-0.1, -0.05) is 12.1 Å². The molecule has 4 aromatic carbocycles. The average molecular weight is 785 g/mol. The first-order chi connectivity index (χ1) is 27.9. The van der Waals surface area contributed by atoms with Crippen molar-refractivity contribution in [1.82, 2.24) is 40.9 Å². The molecular formula is C44H48N8O4S. The summed E-state index contributed by atoms with van der Waals surface area (Å²) in [7, 11) is 0. The van der Waals surface area contributed by atoms with Gasteiger partial charge in [0.25, 0.3) is 23.6 Å². The zero-order valence-electron chi connectivity index (χ0n) is 32.1. The maximum Gasteiger partial charge on any atom is 0.253 e. The number of hydrogen-bond donors (Lipinski definition) is 4. The van der Waals surface area contributed by atoms with Crippen LogP contribution in [0.3, 0.4) is 0 Å². The number of amides is 4. The molecule has 0 saturated carbocycles. The van der Waals surface area contributed by atoms with Crippen LogP contribution in [0.1, 0.15) is 41.4 Å². The number of nitrogens with zero attached hydrogens (tertiary/aromatic N) is 4. The third-order valence-electron chi connectivity index (χ3n) is 11.6. The number of carbonyl (C=O) groups is 4. The number of rotatable bonds is 6. The van der Waals surface area contributed by atoms with Crippen LogP contribution in [-0.4, -0.2) is 148 Å². The molecule has 4 saturated heterocycles. The van der Waals surface area contributed by atoms with Crippen molar-refractivity contribution >= 4 is 55.1 Å². The molecule has 0 unspecified atom stereocenters. The van der Waals surface area contributed by atoms with Crippen LogP contribution in [0.25, 0.3) is 42.4 Å². The first-order valence-corrected chi connectivity index (χ1v) is 21.0. The van der Waals surface area contributed by atoms with Gasteiger partial charge in [0.1, 0.15) is 0 Å². The smallest absolute Gasteiger partial charge is 0.253 e. The number of benzene rings is 4. The van der Waals surface area contributed by atoms with Gasteiger partial charge in [0, 0.05) is 147 Å². The molecule has 5 heterocycles. The molecule has 1 aromatic heterocycles. The lowest BCUT2D eigenvalue weighted by atomic mass is 9.95. The van der Waals surface area contributed by atoms with Crippen LogP contribution in [0.2, 0.25) is 0 Å². The van der Waals surface area contributed by atoms with Gasteiger partial charge in [0.2, 0.25) is 0 Å².